The quantitative estimate of drug-likeness (QED) is 0.781. The summed E-state index contributed by atoms with van der Waals surface area (Å²) in [6, 6.07) is 0. The van der Waals surface area contributed by atoms with Crippen molar-refractivity contribution in [2.24, 2.45) is 5.73 Å². The Morgan fingerprint density at radius 2 is 2.50 bits per heavy atom. The van der Waals surface area contributed by atoms with E-state index >= 15 is 0 Å². The Hall–Kier alpha value is -1.38. The molecule has 1 aromatic rings. The molecule has 0 saturated heterocycles. The van der Waals surface area contributed by atoms with Crippen LogP contribution in [0.4, 0.5) is 5.13 Å². The van der Waals surface area contributed by atoms with Crippen LogP contribution >= 0.6 is 11.3 Å². The minimum absolute atomic E-state index is 0.00883. The Labute approximate surface area is 99.3 Å². The smallest absolute Gasteiger partial charge is 0.226 e. The van der Waals surface area contributed by atoms with Gasteiger partial charge in [-0.25, -0.2) is 4.98 Å². The van der Waals surface area contributed by atoms with Crippen molar-refractivity contribution in [3.8, 4) is 11.8 Å². The Balaban J connectivity index is 2.48. The van der Waals surface area contributed by atoms with Crippen LogP contribution in [0.3, 0.4) is 0 Å². The van der Waals surface area contributed by atoms with Gasteiger partial charge in [-0.15, -0.1) is 0 Å². The summed E-state index contributed by atoms with van der Waals surface area (Å²) >= 11 is 1.36. The summed E-state index contributed by atoms with van der Waals surface area (Å²) in [5, 5.41) is 3.34. The van der Waals surface area contributed by atoms with E-state index in [0.29, 0.717) is 18.1 Å². The molecule has 0 atom stereocenters. The predicted molar refractivity (Wildman–Crippen MR) is 66.2 cm³/mol. The van der Waals surface area contributed by atoms with Gasteiger partial charge in [-0.1, -0.05) is 36.5 Å². The van der Waals surface area contributed by atoms with E-state index in [9.17, 15) is 4.79 Å². The van der Waals surface area contributed by atoms with Gasteiger partial charge >= 0.3 is 0 Å². The molecule has 0 spiro atoms. The van der Waals surface area contributed by atoms with Crippen LogP contribution in [-0.4, -0.2) is 17.4 Å². The molecule has 0 aliphatic carbocycles. The van der Waals surface area contributed by atoms with Crippen LogP contribution in [0, 0.1) is 11.8 Å². The standard InChI is InChI=1S/C11H15N3OS/c1-2-3-6-10(15)14-11-13-8-9(16-11)5-4-7-12/h8H,2-3,6-7,12H2,1H3,(H,13,14,15). The number of nitrogens with one attached hydrogen (secondary N) is 1. The van der Waals surface area contributed by atoms with Gasteiger partial charge in [0.1, 0.15) is 0 Å². The third-order valence-electron chi connectivity index (χ3n) is 1.82. The van der Waals surface area contributed by atoms with Gasteiger partial charge in [0.05, 0.1) is 17.6 Å². The molecule has 0 unspecified atom stereocenters. The van der Waals surface area contributed by atoms with Crippen LogP contribution in [0.2, 0.25) is 0 Å². The van der Waals surface area contributed by atoms with Gasteiger partial charge in [0.25, 0.3) is 0 Å². The normalized spacial score (nSPS) is 9.38. The maximum Gasteiger partial charge on any atom is 0.226 e. The SMILES string of the molecule is CCCCC(=O)Nc1ncc(C#CCN)s1. The van der Waals surface area contributed by atoms with E-state index in [2.05, 4.69) is 29.1 Å². The van der Waals surface area contributed by atoms with Gasteiger partial charge in [-0.3, -0.25) is 4.79 Å². The maximum absolute atomic E-state index is 11.4. The van der Waals surface area contributed by atoms with Gasteiger partial charge in [0.15, 0.2) is 5.13 Å². The number of anilines is 1. The number of unbranched alkanes of at least 4 members (excludes halogenated alkanes) is 1. The zero-order valence-corrected chi connectivity index (χ0v) is 10.1. The number of nitrogens with two attached hydrogens (primary N) is 1. The van der Waals surface area contributed by atoms with Gasteiger partial charge in [-0.05, 0) is 6.42 Å². The van der Waals surface area contributed by atoms with E-state index in [0.717, 1.165) is 17.7 Å². The fourth-order valence-corrected chi connectivity index (χ4v) is 1.75. The lowest BCUT2D eigenvalue weighted by atomic mass is 10.2. The lowest BCUT2D eigenvalue weighted by Gasteiger charge is -1.98. The van der Waals surface area contributed by atoms with Crippen LogP contribution in [-0.2, 0) is 4.79 Å². The molecule has 1 amide bonds. The molecule has 86 valence electrons. The van der Waals surface area contributed by atoms with Gasteiger partial charge in [-0.2, -0.15) is 0 Å². The molecule has 0 aliphatic rings. The van der Waals surface area contributed by atoms with E-state index < -0.39 is 0 Å². The number of thiazole rings is 1. The van der Waals surface area contributed by atoms with E-state index in [1.807, 2.05) is 0 Å². The minimum Gasteiger partial charge on any atom is -0.320 e. The summed E-state index contributed by atoms with van der Waals surface area (Å²) in [4.78, 5) is 16.3. The van der Waals surface area contributed by atoms with Crippen molar-refractivity contribution in [1.29, 1.82) is 0 Å². The van der Waals surface area contributed by atoms with Crippen LogP contribution in [0.1, 0.15) is 31.1 Å². The molecular weight excluding hydrogens is 222 g/mol. The predicted octanol–water partition coefficient (Wildman–Crippen LogP) is 1.58. The molecule has 1 heterocycles. The summed E-state index contributed by atoms with van der Waals surface area (Å²) < 4.78 is 0. The van der Waals surface area contributed by atoms with E-state index in [4.69, 9.17) is 5.73 Å². The first kappa shape index (κ1) is 12.7. The molecule has 1 aromatic heterocycles. The largest absolute Gasteiger partial charge is 0.320 e. The number of nitrogens with zero attached hydrogens (tertiary/aromatic N) is 1. The highest BCUT2D eigenvalue weighted by Gasteiger charge is 2.04. The second kappa shape index (κ2) is 6.99. The second-order valence-corrected chi connectivity index (χ2v) is 4.22. The molecule has 0 radical (unpaired) electrons. The number of aromatic nitrogens is 1. The highest BCUT2D eigenvalue weighted by Crippen LogP contribution is 2.17. The number of carbonyl (C=O) groups is 1. The van der Waals surface area contributed by atoms with Crippen LogP contribution in [0.15, 0.2) is 6.20 Å². The molecule has 0 saturated carbocycles. The van der Waals surface area contributed by atoms with Gasteiger partial charge < -0.3 is 11.1 Å². The van der Waals surface area contributed by atoms with Crippen molar-refractivity contribution in [3.63, 3.8) is 0 Å². The summed E-state index contributed by atoms with van der Waals surface area (Å²) in [6.07, 6.45) is 4.10. The van der Waals surface area contributed by atoms with Crippen molar-refractivity contribution in [3.05, 3.63) is 11.1 Å². The molecule has 5 heteroatoms. The highest BCUT2D eigenvalue weighted by molar-refractivity contribution is 7.16. The molecule has 0 fully saturated rings. The summed E-state index contributed by atoms with van der Waals surface area (Å²) in [5.74, 6) is 5.62. The topological polar surface area (TPSA) is 68.0 Å². The van der Waals surface area contributed by atoms with E-state index in [1.54, 1.807) is 6.20 Å². The first-order valence-electron chi connectivity index (χ1n) is 5.21. The van der Waals surface area contributed by atoms with Gasteiger partial charge in [0.2, 0.25) is 5.91 Å². The van der Waals surface area contributed by atoms with Crippen LogP contribution in [0.5, 0.6) is 0 Å². The zero-order chi connectivity index (χ0) is 11.8. The molecule has 16 heavy (non-hydrogen) atoms. The minimum atomic E-state index is 0.00883. The fourth-order valence-electron chi connectivity index (χ4n) is 1.05. The number of hydrogen-bond donors (Lipinski definition) is 2. The molecule has 0 bridgehead atoms. The summed E-state index contributed by atoms with van der Waals surface area (Å²) in [6.45, 7) is 2.38. The second-order valence-electron chi connectivity index (χ2n) is 3.19. The third-order valence-corrected chi connectivity index (χ3v) is 2.65. The van der Waals surface area contributed by atoms with Crippen LogP contribution < -0.4 is 11.1 Å². The first-order valence-corrected chi connectivity index (χ1v) is 6.02. The number of carbonyl (C=O) groups excluding carboxylic acids is 1. The van der Waals surface area contributed by atoms with Crippen molar-refractivity contribution < 1.29 is 4.79 Å². The van der Waals surface area contributed by atoms with Gasteiger partial charge in [0, 0.05) is 6.42 Å². The average molecular weight is 237 g/mol. The van der Waals surface area contributed by atoms with Crippen molar-refractivity contribution in [2.45, 2.75) is 26.2 Å². The number of hydrogen-bond acceptors (Lipinski definition) is 4. The summed E-state index contributed by atoms with van der Waals surface area (Å²) in [5.41, 5.74) is 5.26. The van der Waals surface area contributed by atoms with Crippen molar-refractivity contribution in [2.75, 3.05) is 11.9 Å². The molecule has 0 aromatic carbocycles. The Morgan fingerprint density at radius 3 is 3.19 bits per heavy atom. The first-order chi connectivity index (χ1) is 7.76. The Bertz CT molecular complexity index is 403. The lowest BCUT2D eigenvalue weighted by Crippen LogP contribution is -2.10. The van der Waals surface area contributed by atoms with E-state index in [-0.39, 0.29) is 5.91 Å². The lowest BCUT2D eigenvalue weighted by molar-refractivity contribution is -0.116. The van der Waals surface area contributed by atoms with Crippen LogP contribution in [0.25, 0.3) is 0 Å². The number of amides is 1. The van der Waals surface area contributed by atoms with Crippen molar-refractivity contribution >= 4 is 22.4 Å². The summed E-state index contributed by atoms with van der Waals surface area (Å²) in [7, 11) is 0. The zero-order valence-electron chi connectivity index (χ0n) is 9.25. The molecule has 0 aliphatic heterocycles. The molecule has 4 nitrogen and oxygen atoms in total. The average Bonchev–Trinajstić information content (AvgIpc) is 2.71. The number of rotatable bonds is 4. The highest BCUT2D eigenvalue weighted by atomic mass is 32.1. The maximum atomic E-state index is 11.4. The fraction of sp³-hybridized carbons (Fsp3) is 0.455. The molecule has 3 N–H and O–H groups in total. The molecule has 1 rings (SSSR count). The monoisotopic (exact) mass is 237 g/mol. The Kier molecular flexibility index (Phi) is 5.54. The van der Waals surface area contributed by atoms with Crippen molar-refractivity contribution in [1.82, 2.24) is 4.98 Å². The third kappa shape index (κ3) is 4.43. The molecular formula is C11H15N3OS. The van der Waals surface area contributed by atoms with E-state index in [1.165, 1.54) is 11.3 Å². The Morgan fingerprint density at radius 1 is 1.69 bits per heavy atom.